The molecule has 0 aliphatic rings. The fourth-order valence-electron chi connectivity index (χ4n) is 2.67. The maximum atomic E-state index is 13.3. The summed E-state index contributed by atoms with van der Waals surface area (Å²) in [7, 11) is -1.03. The van der Waals surface area contributed by atoms with E-state index in [0.717, 1.165) is 17.7 Å². The first-order chi connectivity index (χ1) is 15.2. The van der Waals surface area contributed by atoms with Crippen LogP contribution in [0.25, 0.3) is 11.3 Å². The molecule has 3 rings (SSSR count). The molecular weight excluding hydrogens is 464 g/mol. The fraction of sp³-hybridized carbons (Fsp3) is 0.200. The van der Waals surface area contributed by atoms with E-state index in [0.29, 0.717) is 28.4 Å². The Hall–Kier alpha value is -3.09. The van der Waals surface area contributed by atoms with Gasteiger partial charge >= 0.3 is 0 Å². The number of benzene rings is 2. The van der Waals surface area contributed by atoms with Crippen LogP contribution < -0.4 is 19.5 Å². The molecule has 32 heavy (non-hydrogen) atoms. The molecule has 0 saturated carbocycles. The second-order valence-corrected chi connectivity index (χ2v) is 9.00. The van der Waals surface area contributed by atoms with Crippen LogP contribution in [-0.2, 0) is 14.8 Å². The Balaban J connectivity index is 1.57. The number of anilines is 1. The van der Waals surface area contributed by atoms with Gasteiger partial charge < -0.3 is 14.8 Å². The summed E-state index contributed by atoms with van der Waals surface area (Å²) in [4.78, 5) is 16.1. The Bertz CT molecular complexity index is 1230. The zero-order valence-electron chi connectivity index (χ0n) is 17.0. The van der Waals surface area contributed by atoms with Gasteiger partial charge in [0.25, 0.3) is 0 Å². The zero-order chi connectivity index (χ0) is 23.3. The number of methoxy groups -OCH3 is 2. The topological polar surface area (TPSA) is 107 Å². The minimum atomic E-state index is -4.08. The van der Waals surface area contributed by atoms with Gasteiger partial charge in [0.15, 0.2) is 28.3 Å². The highest BCUT2D eigenvalue weighted by molar-refractivity contribution is 7.89. The van der Waals surface area contributed by atoms with Crippen molar-refractivity contribution in [3.8, 4) is 22.8 Å². The van der Waals surface area contributed by atoms with Crippen molar-refractivity contribution in [1.82, 2.24) is 9.71 Å². The molecule has 0 fully saturated rings. The quantitative estimate of drug-likeness (QED) is 0.483. The number of amides is 1. The Kier molecular flexibility index (Phi) is 7.38. The second-order valence-electron chi connectivity index (χ2n) is 6.38. The number of sulfonamides is 1. The Morgan fingerprint density at radius 2 is 1.81 bits per heavy atom. The third-order valence-corrected chi connectivity index (χ3v) is 6.49. The number of ether oxygens (including phenoxy) is 2. The number of hydrogen-bond donors (Lipinski definition) is 2. The number of thiazole rings is 1. The highest BCUT2D eigenvalue weighted by atomic mass is 32.2. The van der Waals surface area contributed by atoms with Crippen molar-refractivity contribution in [2.24, 2.45) is 0 Å². The lowest BCUT2D eigenvalue weighted by atomic mass is 10.1. The van der Waals surface area contributed by atoms with Crippen molar-refractivity contribution in [1.29, 1.82) is 0 Å². The number of halogens is 2. The third kappa shape index (κ3) is 5.58. The fourth-order valence-corrected chi connectivity index (χ4v) is 4.45. The van der Waals surface area contributed by atoms with E-state index in [1.807, 2.05) is 0 Å². The summed E-state index contributed by atoms with van der Waals surface area (Å²) in [5.74, 6) is -1.78. The molecule has 0 aliphatic heterocycles. The van der Waals surface area contributed by atoms with Gasteiger partial charge in [-0.1, -0.05) is 0 Å². The molecule has 2 N–H and O–H groups in total. The van der Waals surface area contributed by atoms with E-state index in [2.05, 4.69) is 15.0 Å². The average molecular weight is 484 g/mol. The van der Waals surface area contributed by atoms with Gasteiger partial charge in [0.05, 0.1) is 24.8 Å². The first kappa shape index (κ1) is 23.6. The zero-order valence-corrected chi connectivity index (χ0v) is 18.6. The molecule has 1 aromatic heterocycles. The lowest BCUT2D eigenvalue weighted by Crippen LogP contribution is -2.28. The van der Waals surface area contributed by atoms with E-state index in [9.17, 15) is 22.0 Å². The molecule has 0 saturated heterocycles. The molecule has 1 heterocycles. The third-order valence-electron chi connectivity index (χ3n) is 4.28. The van der Waals surface area contributed by atoms with Gasteiger partial charge in [0.1, 0.15) is 0 Å². The van der Waals surface area contributed by atoms with Gasteiger partial charge in [-0.05, 0) is 36.4 Å². The molecular formula is C20H19F2N3O5S2. The number of carbonyl (C=O) groups is 1. The van der Waals surface area contributed by atoms with Crippen LogP contribution in [0.3, 0.4) is 0 Å². The lowest BCUT2D eigenvalue weighted by molar-refractivity contribution is -0.116. The molecule has 3 aromatic rings. The number of nitrogens with zero attached hydrogens (tertiary/aromatic N) is 1. The maximum Gasteiger partial charge on any atom is 0.240 e. The summed E-state index contributed by atoms with van der Waals surface area (Å²) in [6.45, 7) is -0.235. The van der Waals surface area contributed by atoms with E-state index in [4.69, 9.17) is 9.47 Å². The smallest absolute Gasteiger partial charge is 0.240 e. The molecule has 0 bridgehead atoms. The molecule has 170 valence electrons. The van der Waals surface area contributed by atoms with E-state index in [1.165, 1.54) is 25.6 Å². The summed E-state index contributed by atoms with van der Waals surface area (Å²) in [5, 5.41) is 4.68. The van der Waals surface area contributed by atoms with E-state index in [-0.39, 0.29) is 13.0 Å². The van der Waals surface area contributed by atoms with Crippen molar-refractivity contribution in [2.75, 3.05) is 26.1 Å². The predicted molar refractivity (Wildman–Crippen MR) is 115 cm³/mol. The number of rotatable bonds is 9. The highest BCUT2D eigenvalue weighted by Crippen LogP contribution is 2.33. The first-order valence-corrected chi connectivity index (χ1v) is 11.5. The van der Waals surface area contributed by atoms with Crippen LogP contribution in [0.2, 0.25) is 0 Å². The number of aromatic nitrogens is 1. The van der Waals surface area contributed by atoms with Gasteiger partial charge in [-0.15, -0.1) is 11.3 Å². The normalized spacial score (nSPS) is 11.2. The summed E-state index contributed by atoms with van der Waals surface area (Å²) in [6, 6.07) is 7.52. The highest BCUT2D eigenvalue weighted by Gasteiger charge is 2.17. The van der Waals surface area contributed by atoms with Crippen molar-refractivity contribution in [3.63, 3.8) is 0 Å². The van der Waals surface area contributed by atoms with Gasteiger partial charge in [-0.25, -0.2) is 26.9 Å². The SMILES string of the molecule is COc1ccc(-c2csc(NC(=O)CCNS(=O)(=O)c3ccc(F)c(F)c3)n2)cc1OC. The summed E-state index contributed by atoms with van der Waals surface area (Å²) in [6.07, 6.45) is -0.186. The summed E-state index contributed by atoms with van der Waals surface area (Å²) in [5.41, 5.74) is 1.38. The van der Waals surface area contributed by atoms with Crippen molar-refractivity contribution in [2.45, 2.75) is 11.3 Å². The van der Waals surface area contributed by atoms with Crippen LogP contribution in [0.15, 0.2) is 46.7 Å². The second kappa shape index (κ2) is 10.0. The van der Waals surface area contributed by atoms with E-state index < -0.39 is 32.5 Å². The molecule has 0 spiro atoms. The predicted octanol–water partition coefficient (Wildman–Crippen LogP) is 3.41. The van der Waals surface area contributed by atoms with Crippen LogP contribution in [0.1, 0.15) is 6.42 Å². The molecule has 0 aliphatic carbocycles. The average Bonchev–Trinajstić information content (AvgIpc) is 3.23. The van der Waals surface area contributed by atoms with Crippen LogP contribution in [0, 0.1) is 11.6 Å². The largest absolute Gasteiger partial charge is 0.493 e. The van der Waals surface area contributed by atoms with Crippen molar-refractivity contribution in [3.05, 3.63) is 53.4 Å². The molecule has 8 nitrogen and oxygen atoms in total. The van der Waals surface area contributed by atoms with E-state index in [1.54, 1.807) is 23.6 Å². The van der Waals surface area contributed by atoms with E-state index >= 15 is 0 Å². The molecule has 0 unspecified atom stereocenters. The molecule has 1 amide bonds. The summed E-state index contributed by atoms with van der Waals surface area (Å²) >= 11 is 1.20. The monoisotopic (exact) mass is 483 g/mol. The van der Waals surface area contributed by atoms with Crippen LogP contribution in [0.5, 0.6) is 11.5 Å². The van der Waals surface area contributed by atoms with Gasteiger partial charge in [0, 0.05) is 23.9 Å². The first-order valence-electron chi connectivity index (χ1n) is 9.16. The molecule has 0 atom stereocenters. The maximum absolute atomic E-state index is 13.3. The number of carbonyl (C=O) groups excluding carboxylic acids is 1. The van der Waals surface area contributed by atoms with Crippen LogP contribution in [-0.4, -0.2) is 40.1 Å². The van der Waals surface area contributed by atoms with Gasteiger partial charge in [-0.2, -0.15) is 0 Å². The number of hydrogen-bond acceptors (Lipinski definition) is 7. The van der Waals surface area contributed by atoms with Crippen LogP contribution >= 0.6 is 11.3 Å². The Morgan fingerprint density at radius 3 is 2.50 bits per heavy atom. The lowest BCUT2D eigenvalue weighted by Gasteiger charge is -2.08. The standard InChI is InChI=1S/C20H19F2N3O5S2/c1-29-17-6-3-12(9-18(17)30-2)16-11-31-20(24-16)25-19(26)7-8-23-32(27,28)13-4-5-14(21)15(22)10-13/h3-6,9-11,23H,7-8H2,1-2H3,(H,24,25,26). The molecule has 2 aromatic carbocycles. The van der Waals surface area contributed by atoms with Gasteiger partial charge in [-0.3, -0.25) is 4.79 Å². The molecule has 0 radical (unpaired) electrons. The Morgan fingerprint density at radius 1 is 1.06 bits per heavy atom. The summed E-state index contributed by atoms with van der Waals surface area (Å²) < 4.78 is 63.1. The number of nitrogens with one attached hydrogen (secondary N) is 2. The van der Waals surface area contributed by atoms with Gasteiger partial charge in [0.2, 0.25) is 15.9 Å². The Labute approximate surface area is 187 Å². The minimum absolute atomic E-state index is 0.186. The minimum Gasteiger partial charge on any atom is -0.493 e. The van der Waals surface area contributed by atoms with Crippen molar-refractivity contribution < 1.29 is 31.5 Å². The van der Waals surface area contributed by atoms with Crippen molar-refractivity contribution >= 4 is 32.4 Å². The van der Waals surface area contributed by atoms with Crippen LogP contribution in [0.4, 0.5) is 13.9 Å². The molecule has 12 heteroatoms.